The lowest BCUT2D eigenvalue weighted by Crippen LogP contribution is -2.53. The van der Waals surface area contributed by atoms with Crippen LogP contribution in [0.25, 0.3) is 0 Å². The van der Waals surface area contributed by atoms with Crippen LogP contribution in [0.4, 0.5) is 13.2 Å². The first-order valence-corrected chi connectivity index (χ1v) is 11.7. The number of hydrogen-bond acceptors (Lipinski definition) is 4. The zero-order chi connectivity index (χ0) is 24.2. The fourth-order valence-electron chi connectivity index (χ4n) is 5.49. The second-order valence-electron chi connectivity index (χ2n) is 8.97. The molecule has 0 aromatic heterocycles. The highest BCUT2D eigenvalue weighted by molar-refractivity contribution is 5.95. The van der Waals surface area contributed by atoms with Crippen molar-refractivity contribution in [3.8, 4) is 11.5 Å². The third kappa shape index (κ3) is 5.32. The Bertz CT molecular complexity index is 982. The van der Waals surface area contributed by atoms with Crippen LogP contribution in [-0.2, 0) is 10.2 Å². The maximum Gasteiger partial charge on any atom is 0.522 e. The molecule has 8 heteroatoms. The number of likely N-dealkylation sites (tertiary alicyclic amines) is 1. The number of rotatable bonds is 7. The molecule has 4 rings (SSSR count). The molecule has 5 nitrogen and oxygen atoms in total. The Labute approximate surface area is 197 Å². The highest BCUT2D eigenvalue weighted by Crippen LogP contribution is 2.49. The number of benzene rings is 2. The van der Waals surface area contributed by atoms with Crippen molar-refractivity contribution in [2.45, 2.75) is 43.9 Å². The minimum absolute atomic E-state index is 0.0718. The Morgan fingerprint density at radius 1 is 1.06 bits per heavy atom. The smallest absolute Gasteiger partial charge is 0.493 e. The molecule has 0 spiro atoms. The molecule has 1 aliphatic heterocycles. The molecule has 2 fully saturated rings. The van der Waals surface area contributed by atoms with Gasteiger partial charge < -0.3 is 14.4 Å². The normalized spacial score (nSPS) is 22.7. The van der Waals surface area contributed by atoms with Gasteiger partial charge >= 0.3 is 6.36 Å². The van der Waals surface area contributed by atoms with Gasteiger partial charge in [-0.15, -0.1) is 13.2 Å². The van der Waals surface area contributed by atoms with Crippen molar-refractivity contribution in [1.82, 2.24) is 4.90 Å². The molecule has 34 heavy (non-hydrogen) atoms. The minimum Gasteiger partial charge on any atom is -0.493 e. The minimum atomic E-state index is -4.70. The molecule has 2 aromatic rings. The molecule has 1 amide bonds. The molecule has 1 saturated heterocycles. The van der Waals surface area contributed by atoms with Crippen LogP contribution in [0, 0.1) is 5.92 Å². The summed E-state index contributed by atoms with van der Waals surface area (Å²) in [6.07, 6.45) is 0.890. The Morgan fingerprint density at radius 3 is 2.59 bits per heavy atom. The van der Waals surface area contributed by atoms with Gasteiger partial charge in [-0.3, -0.25) is 9.53 Å². The average Bonchev–Trinajstić information content (AvgIpc) is 2.85. The van der Waals surface area contributed by atoms with Crippen molar-refractivity contribution in [1.29, 1.82) is 0 Å². The summed E-state index contributed by atoms with van der Waals surface area (Å²) in [5.74, 6) is 0.905. The predicted octanol–water partition coefficient (Wildman–Crippen LogP) is 5.58. The summed E-state index contributed by atoms with van der Waals surface area (Å²) in [6.45, 7) is 0.465. The molecule has 2 aromatic carbocycles. The summed E-state index contributed by atoms with van der Waals surface area (Å²) < 4.78 is 50.8. The molecular formula is C26H30F3NO4. The lowest BCUT2D eigenvalue weighted by Gasteiger charge is -2.51. The number of fused-ring (bicyclic) bond motifs is 1. The number of hydrogen-bond donors (Lipinski definition) is 0. The Balaban J connectivity index is 1.44. The van der Waals surface area contributed by atoms with E-state index in [1.807, 2.05) is 11.0 Å². The third-order valence-corrected chi connectivity index (χ3v) is 7.13. The largest absolute Gasteiger partial charge is 0.522 e. The first-order valence-electron chi connectivity index (χ1n) is 11.7. The van der Waals surface area contributed by atoms with Crippen LogP contribution >= 0.6 is 0 Å². The molecule has 184 valence electrons. The maximum absolute atomic E-state index is 13.3. The first-order chi connectivity index (χ1) is 16.3. The second-order valence-corrected chi connectivity index (χ2v) is 8.97. The van der Waals surface area contributed by atoms with Crippen LogP contribution in [-0.4, -0.2) is 50.6 Å². The lowest BCUT2D eigenvalue weighted by atomic mass is 9.59. The van der Waals surface area contributed by atoms with E-state index in [9.17, 15) is 18.0 Å². The SMILES string of the molecule is COc1cc(C(=O)N2CC[C@]3(c4ccccc4)CCCC[C@@H]3C2)ccc1OCCOC(F)(F)F. The molecule has 0 radical (unpaired) electrons. The Kier molecular flexibility index (Phi) is 7.36. The van der Waals surface area contributed by atoms with Gasteiger partial charge in [0.05, 0.1) is 13.7 Å². The number of methoxy groups -OCH3 is 1. The zero-order valence-electron chi connectivity index (χ0n) is 19.3. The summed E-state index contributed by atoms with van der Waals surface area (Å²) >= 11 is 0. The van der Waals surface area contributed by atoms with Gasteiger partial charge in [-0.1, -0.05) is 43.2 Å². The summed E-state index contributed by atoms with van der Waals surface area (Å²) in [5, 5.41) is 0. The van der Waals surface area contributed by atoms with E-state index in [0.29, 0.717) is 30.3 Å². The zero-order valence-corrected chi connectivity index (χ0v) is 19.3. The van der Waals surface area contributed by atoms with Crippen molar-refractivity contribution in [3.63, 3.8) is 0 Å². The lowest BCUT2D eigenvalue weighted by molar-refractivity contribution is -0.325. The summed E-state index contributed by atoms with van der Waals surface area (Å²) in [4.78, 5) is 15.3. The third-order valence-electron chi connectivity index (χ3n) is 7.13. The molecule has 0 bridgehead atoms. The molecule has 1 saturated carbocycles. The van der Waals surface area contributed by atoms with Gasteiger partial charge in [0, 0.05) is 24.1 Å². The summed E-state index contributed by atoms with van der Waals surface area (Å²) in [5.41, 5.74) is 1.98. The average molecular weight is 478 g/mol. The molecule has 0 unspecified atom stereocenters. The number of carbonyl (C=O) groups excluding carboxylic acids is 1. The van der Waals surface area contributed by atoms with Crippen LogP contribution in [0.3, 0.4) is 0 Å². The van der Waals surface area contributed by atoms with Gasteiger partial charge in [0.15, 0.2) is 11.5 Å². The van der Waals surface area contributed by atoms with E-state index >= 15 is 0 Å². The molecule has 1 heterocycles. The van der Waals surface area contributed by atoms with Crippen molar-refractivity contribution in [2.24, 2.45) is 5.92 Å². The fraction of sp³-hybridized carbons (Fsp3) is 0.500. The fourth-order valence-corrected chi connectivity index (χ4v) is 5.49. The van der Waals surface area contributed by atoms with Crippen molar-refractivity contribution < 1.29 is 32.2 Å². The Morgan fingerprint density at radius 2 is 1.85 bits per heavy atom. The van der Waals surface area contributed by atoms with Crippen LogP contribution < -0.4 is 9.47 Å². The van der Waals surface area contributed by atoms with E-state index in [4.69, 9.17) is 9.47 Å². The van der Waals surface area contributed by atoms with E-state index in [2.05, 4.69) is 29.0 Å². The van der Waals surface area contributed by atoms with Gasteiger partial charge in [0.1, 0.15) is 6.61 Å². The van der Waals surface area contributed by atoms with E-state index < -0.39 is 13.0 Å². The number of alkyl halides is 3. The first kappa shape index (κ1) is 24.4. The maximum atomic E-state index is 13.3. The summed E-state index contributed by atoms with van der Waals surface area (Å²) in [7, 11) is 1.43. The molecule has 0 N–H and O–H groups in total. The van der Waals surface area contributed by atoms with Crippen molar-refractivity contribution in [3.05, 3.63) is 59.7 Å². The van der Waals surface area contributed by atoms with E-state index in [1.54, 1.807) is 18.2 Å². The van der Waals surface area contributed by atoms with Crippen molar-refractivity contribution >= 4 is 5.91 Å². The van der Waals surface area contributed by atoms with Gasteiger partial charge in [-0.2, -0.15) is 0 Å². The monoisotopic (exact) mass is 477 g/mol. The van der Waals surface area contributed by atoms with Crippen LogP contribution in [0.1, 0.15) is 48.0 Å². The van der Waals surface area contributed by atoms with Gasteiger partial charge in [0.25, 0.3) is 5.91 Å². The number of carbonyl (C=O) groups is 1. The summed E-state index contributed by atoms with van der Waals surface area (Å²) in [6, 6.07) is 15.4. The number of piperidine rings is 1. The molecular weight excluding hydrogens is 447 g/mol. The van der Waals surface area contributed by atoms with E-state index in [0.717, 1.165) is 19.3 Å². The highest BCUT2D eigenvalue weighted by Gasteiger charge is 2.46. The van der Waals surface area contributed by atoms with Crippen LogP contribution in [0.15, 0.2) is 48.5 Å². The molecule has 2 aliphatic rings. The second kappa shape index (κ2) is 10.3. The van der Waals surface area contributed by atoms with Crippen LogP contribution in [0.2, 0.25) is 0 Å². The number of ether oxygens (including phenoxy) is 3. The highest BCUT2D eigenvalue weighted by atomic mass is 19.4. The van der Waals surface area contributed by atoms with Crippen molar-refractivity contribution in [2.75, 3.05) is 33.4 Å². The van der Waals surface area contributed by atoms with Gasteiger partial charge in [-0.25, -0.2) is 0 Å². The number of halogens is 3. The number of nitrogens with zero attached hydrogens (tertiary/aromatic N) is 1. The number of amides is 1. The van der Waals surface area contributed by atoms with Crippen LogP contribution in [0.5, 0.6) is 11.5 Å². The quantitative estimate of drug-likeness (QED) is 0.488. The van der Waals surface area contributed by atoms with Gasteiger partial charge in [-0.05, 0) is 48.9 Å². The topological polar surface area (TPSA) is 48.0 Å². The standard InChI is InChI=1S/C26H30F3NO4/c1-32-23-17-19(10-11-22(23)33-15-16-34-26(27,28)29)24(31)30-14-13-25(20-7-3-2-4-8-20)12-6-5-9-21(25)18-30/h2-4,7-8,10-11,17,21H,5-6,9,12-16,18H2,1H3/t21-,25+/m1/s1. The van der Waals surface area contributed by atoms with Gasteiger partial charge in [0.2, 0.25) is 0 Å². The molecule has 1 aliphatic carbocycles. The molecule has 2 atom stereocenters. The Hall–Kier alpha value is -2.74. The predicted molar refractivity (Wildman–Crippen MR) is 121 cm³/mol. The van der Waals surface area contributed by atoms with E-state index in [1.165, 1.54) is 25.5 Å². The van der Waals surface area contributed by atoms with E-state index in [-0.39, 0.29) is 23.7 Å².